The summed E-state index contributed by atoms with van der Waals surface area (Å²) < 4.78 is 69.6. The zero-order chi connectivity index (χ0) is 25.5. The molecule has 0 saturated carbocycles. The van der Waals surface area contributed by atoms with Gasteiger partial charge in [-0.3, -0.25) is 0 Å². The fourth-order valence-electron chi connectivity index (χ4n) is 3.14. The fourth-order valence-corrected chi connectivity index (χ4v) is 3.36. The highest BCUT2D eigenvalue weighted by molar-refractivity contribution is 6.31. The molecule has 4 aromatic rings. The summed E-state index contributed by atoms with van der Waals surface area (Å²) in [7, 11) is 0. The third-order valence-corrected chi connectivity index (χ3v) is 5.26. The Morgan fingerprint density at radius 1 is 0.833 bits per heavy atom. The predicted octanol–water partition coefficient (Wildman–Crippen LogP) is 7.28. The SMILES string of the molecule is Fc1cnc(OCc2ccccc2)nc1OCCc1ccc(Oc2ccc(Cl)c(C(F)(F)F)c2)cc1. The summed E-state index contributed by atoms with van der Waals surface area (Å²) in [5.41, 5.74) is 0.780. The number of benzene rings is 3. The second-order valence-electron chi connectivity index (χ2n) is 7.56. The number of halogens is 5. The van der Waals surface area contributed by atoms with E-state index in [4.69, 9.17) is 25.8 Å². The highest BCUT2D eigenvalue weighted by Gasteiger charge is 2.33. The van der Waals surface area contributed by atoms with Crippen LogP contribution in [0.4, 0.5) is 17.6 Å². The molecule has 0 radical (unpaired) electrons. The van der Waals surface area contributed by atoms with Crippen LogP contribution >= 0.6 is 11.6 Å². The normalized spacial score (nSPS) is 11.2. The molecule has 5 nitrogen and oxygen atoms in total. The van der Waals surface area contributed by atoms with Crippen molar-refractivity contribution in [2.75, 3.05) is 6.61 Å². The molecule has 36 heavy (non-hydrogen) atoms. The summed E-state index contributed by atoms with van der Waals surface area (Å²) in [5.74, 6) is -0.590. The molecule has 0 bridgehead atoms. The van der Waals surface area contributed by atoms with Gasteiger partial charge in [0.15, 0.2) is 0 Å². The maximum absolute atomic E-state index is 14.0. The first-order chi connectivity index (χ1) is 17.3. The third kappa shape index (κ3) is 6.85. The van der Waals surface area contributed by atoms with E-state index in [1.165, 1.54) is 6.07 Å². The summed E-state index contributed by atoms with van der Waals surface area (Å²) >= 11 is 5.63. The van der Waals surface area contributed by atoms with Gasteiger partial charge in [0.05, 0.1) is 23.4 Å². The van der Waals surface area contributed by atoms with Crippen LogP contribution in [0.25, 0.3) is 0 Å². The first kappa shape index (κ1) is 25.2. The van der Waals surface area contributed by atoms with Gasteiger partial charge in [0.1, 0.15) is 18.1 Å². The number of alkyl halides is 3. The Kier molecular flexibility index (Phi) is 7.90. The molecule has 0 unspecified atom stereocenters. The predicted molar refractivity (Wildman–Crippen MR) is 125 cm³/mol. The van der Waals surface area contributed by atoms with Crippen molar-refractivity contribution in [3.05, 3.63) is 107 Å². The standard InChI is InChI=1S/C26H19ClF4N2O3/c27-22-11-10-20(14-21(22)26(29,30)31)36-19-8-6-17(7-9-19)12-13-34-24-23(28)15-32-25(33-24)35-16-18-4-2-1-3-5-18/h1-11,14-15H,12-13,16H2. The monoisotopic (exact) mass is 518 g/mol. The number of ether oxygens (including phenoxy) is 3. The number of rotatable bonds is 9. The molecule has 0 fully saturated rings. The van der Waals surface area contributed by atoms with Gasteiger partial charge in [-0.25, -0.2) is 4.98 Å². The summed E-state index contributed by atoms with van der Waals surface area (Å²) in [6.07, 6.45) is -3.18. The highest BCUT2D eigenvalue weighted by atomic mass is 35.5. The molecule has 0 atom stereocenters. The van der Waals surface area contributed by atoms with Crippen molar-refractivity contribution in [2.24, 2.45) is 0 Å². The van der Waals surface area contributed by atoms with Crippen LogP contribution in [0.15, 0.2) is 79.0 Å². The zero-order valence-electron chi connectivity index (χ0n) is 18.6. The summed E-state index contributed by atoms with van der Waals surface area (Å²) in [4.78, 5) is 7.79. The summed E-state index contributed by atoms with van der Waals surface area (Å²) in [6, 6.07) is 19.4. The maximum Gasteiger partial charge on any atom is 0.417 e. The second-order valence-corrected chi connectivity index (χ2v) is 7.97. The smallest absolute Gasteiger partial charge is 0.417 e. The Bertz CT molecular complexity index is 1300. The Hall–Kier alpha value is -3.85. The van der Waals surface area contributed by atoms with E-state index in [0.29, 0.717) is 12.2 Å². The lowest BCUT2D eigenvalue weighted by Gasteiger charge is -2.12. The Morgan fingerprint density at radius 3 is 2.28 bits per heavy atom. The third-order valence-electron chi connectivity index (χ3n) is 4.93. The van der Waals surface area contributed by atoms with Crippen LogP contribution < -0.4 is 14.2 Å². The number of aromatic nitrogens is 2. The van der Waals surface area contributed by atoms with Crippen molar-refractivity contribution >= 4 is 11.6 Å². The molecule has 0 spiro atoms. The van der Waals surface area contributed by atoms with E-state index in [-0.39, 0.29) is 30.9 Å². The number of nitrogens with zero attached hydrogens (tertiary/aromatic N) is 2. The van der Waals surface area contributed by atoms with Crippen molar-refractivity contribution < 1.29 is 31.8 Å². The number of hydrogen-bond acceptors (Lipinski definition) is 5. The van der Waals surface area contributed by atoms with E-state index in [2.05, 4.69) is 9.97 Å². The van der Waals surface area contributed by atoms with Crippen LogP contribution in [-0.2, 0) is 19.2 Å². The lowest BCUT2D eigenvalue weighted by atomic mass is 10.1. The molecule has 1 aromatic heterocycles. The van der Waals surface area contributed by atoms with Crippen molar-refractivity contribution in [1.29, 1.82) is 0 Å². The van der Waals surface area contributed by atoms with Crippen molar-refractivity contribution in [3.63, 3.8) is 0 Å². The van der Waals surface area contributed by atoms with E-state index in [0.717, 1.165) is 29.5 Å². The van der Waals surface area contributed by atoms with E-state index in [1.54, 1.807) is 24.3 Å². The van der Waals surface area contributed by atoms with Gasteiger partial charge in [-0.15, -0.1) is 0 Å². The molecule has 1 heterocycles. The average Bonchev–Trinajstić information content (AvgIpc) is 2.86. The second kappa shape index (κ2) is 11.3. The molecule has 3 aromatic carbocycles. The molecular weight excluding hydrogens is 500 g/mol. The maximum atomic E-state index is 14.0. The van der Waals surface area contributed by atoms with Gasteiger partial charge in [0.25, 0.3) is 5.88 Å². The quantitative estimate of drug-likeness (QED) is 0.218. The average molecular weight is 519 g/mol. The van der Waals surface area contributed by atoms with Crippen LogP contribution in [0.3, 0.4) is 0 Å². The molecule has 0 aliphatic heterocycles. The molecule has 0 saturated heterocycles. The molecular formula is C26H19ClF4N2O3. The summed E-state index contributed by atoms with van der Waals surface area (Å²) in [5, 5.41) is -0.403. The van der Waals surface area contributed by atoms with E-state index in [1.807, 2.05) is 30.3 Å². The lowest BCUT2D eigenvalue weighted by molar-refractivity contribution is -0.137. The topological polar surface area (TPSA) is 53.5 Å². The fraction of sp³-hybridized carbons (Fsp3) is 0.154. The van der Waals surface area contributed by atoms with Gasteiger partial charge in [-0.1, -0.05) is 54.1 Å². The molecule has 0 amide bonds. The van der Waals surface area contributed by atoms with Gasteiger partial charge >= 0.3 is 12.2 Å². The van der Waals surface area contributed by atoms with Crippen molar-refractivity contribution in [2.45, 2.75) is 19.2 Å². The van der Waals surface area contributed by atoms with Crippen LogP contribution in [0.5, 0.6) is 23.4 Å². The van der Waals surface area contributed by atoms with Crippen LogP contribution in [0.1, 0.15) is 16.7 Å². The van der Waals surface area contributed by atoms with E-state index in [9.17, 15) is 17.6 Å². The Labute approximate surface area is 209 Å². The van der Waals surface area contributed by atoms with Crippen molar-refractivity contribution in [3.8, 4) is 23.4 Å². The molecule has 0 aliphatic rings. The summed E-state index contributed by atoms with van der Waals surface area (Å²) in [6.45, 7) is 0.353. The van der Waals surface area contributed by atoms with Gasteiger partial charge in [0.2, 0.25) is 5.82 Å². The minimum absolute atomic E-state index is 0.00679. The molecule has 0 N–H and O–H groups in total. The van der Waals surface area contributed by atoms with Crippen LogP contribution in [0.2, 0.25) is 5.02 Å². The van der Waals surface area contributed by atoms with Crippen LogP contribution in [0, 0.1) is 5.82 Å². The molecule has 4 rings (SSSR count). The number of hydrogen-bond donors (Lipinski definition) is 0. The van der Waals surface area contributed by atoms with Gasteiger partial charge < -0.3 is 14.2 Å². The van der Waals surface area contributed by atoms with Gasteiger partial charge in [-0.2, -0.15) is 22.5 Å². The zero-order valence-corrected chi connectivity index (χ0v) is 19.4. The van der Waals surface area contributed by atoms with E-state index < -0.39 is 22.6 Å². The van der Waals surface area contributed by atoms with Gasteiger partial charge in [0, 0.05) is 6.42 Å². The van der Waals surface area contributed by atoms with Gasteiger partial charge in [-0.05, 0) is 41.5 Å². The first-order valence-corrected chi connectivity index (χ1v) is 11.1. The Balaban J connectivity index is 1.31. The molecule has 10 heteroatoms. The van der Waals surface area contributed by atoms with E-state index >= 15 is 0 Å². The molecule has 186 valence electrons. The minimum Gasteiger partial charge on any atom is -0.475 e. The molecule has 0 aliphatic carbocycles. The highest BCUT2D eigenvalue weighted by Crippen LogP contribution is 2.37. The van der Waals surface area contributed by atoms with Crippen LogP contribution in [-0.4, -0.2) is 16.6 Å². The van der Waals surface area contributed by atoms with Crippen molar-refractivity contribution in [1.82, 2.24) is 9.97 Å². The Morgan fingerprint density at radius 2 is 1.56 bits per heavy atom. The largest absolute Gasteiger partial charge is 0.475 e. The minimum atomic E-state index is -4.59. The first-order valence-electron chi connectivity index (χ1n) is 10.7. The lowest BCUT2D eigenvalue weighted by Crippen LogP contribution is -2.07.